The summed E-state index contributed by atoms with van der Waals surface area (Å²) in [6, 6.07) is 0. The van der Waals surface area contributed by atoms with Crippen LogP contribution in [0.25, 0.3) is 11.5 Å². The van der Waals surface area contributed by atoms with Gasteiger partial charge < -0.3 is 5.73 Å². The van der Waals surface area contributed by atoms with Gasteiger partial charge in [0, 0.05) is 6.42 Å². The van der Waals surface area contributed by atoms with E-state index in [9.17, 15) is 0 Å². The highest BCUT2D eigenvalue weighted by molar-refractivity contribution is 5.45. The molecule has 0 aromatic carbocycles. The van der Waals surface area contributed by atoms with Gasteiger partial charge in [0.1, 0.15) is 5.82 Å². The number of aromatic nitrogens is 6. The van der Waals surface area contributed by atoms with E-state index in [1.807, 2.05) is 0 Å². The molecule has 0 bridgehead atoms. The lowest BCUT2D eigenvalue weighted by Crippen LogP contribution is -2.03. The molecule has 0 atom stereocenters. The molecule has 2 aromatic heterocycles. The molecule has 68 valence electrons. The van der Waals surface area contributed by atoms with Gasteiger partial charge in [0.15, 0.2) is 5.69 Å². The number of nitrogens with zero attached hydrogens (tertiary/aromatic N) is 4. The second-order valence-electron chi connectivity index (χ2n) is 2.50. The van der Waals surface area contributed by atoms with Gasteiger partial charge in [-0.25, -0.2) is 4.98 Å². The van der Waals surface area contributed by atoms with Crippen molar-refractivity contribution >= 4 is 0 Å². The molecule has 0 aliphatic carbocycles. The van der Waals surface area contributed by atoms with Crippen LogP contribution in [0.5, 0.6) is 0 Å². The van der Waals surface area contributed by atoms with Crippen molar-refractivity contribution in [2.75, 3.05) is 6.54 Å². The number of H-pyrrole nitrogens is 2. The van der Waals surface area contributed by atoms with Gasteiger partial charge >= 0.3 is 0 Å². The highest BCUT2D eigenvalue weighted by atomic mass is 15.3. The van der Waals surface area contributed by atoms with Gasteiger partial charge in [-0.2, -0.15) is 20.5 Å². The molecule has 7 heteroatoms. The molecule has 0 aliphatic rings. The molecule has 7 nitrogen and oxygen atoms in total. The largest absolute Gasteiger partial charge is 0.330 e. The third-order valence-corrected chi connectivity index (χ3v) is 1.56. The zero-order valence-electron chi connectivity index (χ0n) is 6.86. The van der Waals surface area contributed by atoms with Crippen molar-refractivity contribution in [2.45, 2.75) is 6.42 Å². The summed E-state index contributed by atoms with van der Waals surface area (Å²) in [5.74, 6) is 1.30. The number of nitrogens with one attached hydrogen (secondary N) is 2. The summed E-state index contributed by atoms with van der Waals surface area (Å²) in [5, 5.41) is 16.7. The second kappa shape index (κ2) is 3.31. The lowest BCUT2D eigenvalue weighted by atomic mass is 10.4. The Hall–Kier alpha value is -1.76. The minimum atomic E-state index is 0.539. The van der Waals surface area contributed by atoms with Crippen LogP contribution in [-0.4, -0.2) is 37.1 Å². The van der Waals surface area contributed by atoms with E-state index in [1.54, 1.807) is 6.20 Å². The zero-order valence-corrected chi connectivity index (χ0v) is 6.86. The molecule has 0 spiro atoms. The monoisotopic (exact) mass is 179 g/mol. The predicted octanol–water partition coefficient (Wildman–Crippen LogP) is -0.909. The lowest BCUT2D eigenvalue weighted by Gasteiger charge is -1.86. The van der Waals surface area contributed by atoms with E-state index >= 15 is 0 Å². The minimum absolute atomic E-state index is 0.539. The van der Waals surface area contributed by atoms with Crippen molar-refractivity contribution in [3.8, 4) is 11.5 Å². The first-order valence-electron chi connectivity index (χ1n) is 3.87. The van der Waals surface area contributed by atoms with Crippen molar-refractivity contribution in [3.05, 3.63) is 12.0 Å². The molecule has 0 saturated heterocycles. The maximum atomic E-state index is 5.37. The lowest BCUT2D eigenvalue weighted by molar-refractivity contribution is 0.874. The summed E-state index contributed by atoms with van der Waals surface area (Å²) in [4.78, 5) is 4.17. The van der Waals surface area contributed by atoms with Crippen molar-refractivity contribution in [1.29, 1.82) is 0 Å². The number of aromatic amines is 2. The van der Waals surface area contributed by atoms with Crippen molar-refractivity contribution in [2.24, 2.45) is 5.73 Å². The van der Waals surface area contributed by atoms with Crippen LogP contribution >= 0.6 is 0 Å². The Labute approximate surface area is 73.8 Å². The van der Waals surface area contributed by atoms with Gasteiger partial charge in [0.2, 0.25) is 5.82 Å². The molecule has 0 radical (unpaired) electrons. The third-order valence-electron chi connectivity index (χ3n) is 1.56. The normalized spacial score (nSPS) is 10.5. The smallest absolute Gasteiger partial charge is 0.203 e. The molecule has 2 aromatic rings. The van der Waals surface area contributed by atoms with Crippen LogP contribution in [0.15, 0.2) is 6.20 Å². The third kappa shape index (κ3) is 1.54. The van der Waals surface area contributed by atoms with E-state index in [-0.39, 0.29) is 0 Å². The maximum absolute atomic E-state index is 5.37. The van der Waals surface area contributed by atoms with Crippen LogP contribution in [0.2, 0.25) is 0 Å². The van der Waals surface area contributed by atoms with Gasteiger partial charge in [-0.15, -0.1) is 0 Å². The summed E-state index contributed by atoms with van der Waals surface area (Å²) >= 11 is 0. The fourth-order valence-electron chi connectivity index (χ4n) is 0.968. The first-order valence-corrected chi connectivity index (χ1v) is 3.87. The molecule has 13 heavy (non-hydrogen) atoms. The summed E-state index contributed by atoms with van der Waals surface area (Å²) < 4.78 is 0. The first kappa shape index (κ1) is 7.87. The fraction of sp³-hybridized carbons (Fsp3) is 0.333. The maximum Gasteiger partial charge on any atom is 0.203 e. The average Bonchev–Trinajstić information content (AvgIpc) is 2.70. The Morgan fingerprint density at radius 2 is 2.31 bits per heavy atom. The zero-order chi connectivity index (χ0) is 9.10. The van der Waals surface area contributed by atoms with Gasteiger partial charge in [-0.3, -0.25) is 5.10 Å². The van der Waals surface area contributed by atoms with Crippen molar-refractivity contribution in [1.82, 2.24) is 30.6 Å². The number of nitrogens with two attached hydrogens (primary N) is 1. The van der Waals surface area contributed by atoms with E-state index in [0.717, 1.165) is 5.82 Å². The van der Waals surface area contributed by atoms with E-state index in [0.29, 0.717) is 24.5 Å². The van der Waals surface area contributed by atoms with Crippen molar-refractivity contribution < 1.29 is 0 Å². The van der Waals surface area contributed by atoms with Gasteiger partial charge in [0.25, 0.3) is 0 Å². The Morgan fingerprint density at radius 1 is 1.38 bits per heavy atom. The van der Waals surface area contributed by atoms with Crippen LogP contribution in [0.4, 0.5) is 0 Å². The second-order valence-corrected chi connectivity index (χ2v) is 2.50. The summed E-state index contributed by atoms with van der Waals surface area (Å²) in [7, 11) is 0. The molecule has 0 fully saturated rings. The van der Waals surface area contributed by atoms with Crippen LogP contribution in [0.3, 0.4) is 0 Å². The Balaban J connectivity index is 2.23. The minimum Gasteiger partial charge on any atom is -0.330 e. The topological polar surface area (TPSA) is 109 Å². The Bertz CT molecular complexity index is 362. The molecular weight excluding hydrogens is 170 g/mol. The summed E-state index contributed by atoms with van der Waals surface area (Å²) in [5.41, 5.74) is 5.99. The van der Waals surface area contributed by atoms with Crippen molar-refractivity contribution in [3.63, 3.8) is 0 Å². The van der Waals surface area contributed by atoms with Gasteiger partial charge in [-0.1, -0.05) is 0 Å². The highest BCUT2D eigenvalue weighted by Crippen LogP contribution is 2.07. The van der Waals surface area contributed by atoms with E-state index in [4.69, 9.17) is 5.73 Å². The molecule has 0 unspecified atom stereocenters. The standard InChI is InChI=1S/C6H9N7/c7-2-1-5-9-6(12-11-5)4-3-8-13-10-4/h3H,1-2,7H2,(H,8,10,13)(H,9,11,12). The van der Waals surface area contributed by atoms with E-state index in [1.165, 1.54) is 0 Å². The number of hydrogen-bond acceptors (Lipinski definition) is 5. The summed E-state index contributed by atoms with van der Waals surface area (Å²) in [6.07, 6.45) is 2.25. The average molecular weight is 179 g/mol. The molecule has 0 amide bonds. The Kier molecular flexibility index (Phi) is 2.01. The van der Waals surface area contributed by atoms with Crippen LogP contribution in [0.1, 0.15) is 5.82 Å². The number of rotatable bonds is 3. The van der Waals surface area contributed by atoms with Gasteiger partial charge in [0.05, 0.1) is 6.20 Å². The SMILES string of the molecule is NCCc1nc(-c2cn[nH]n2)n[nH]1. The fourth-order valence-corrected chi connectivity index (χ4v) is 0.968. The van der Waals surface area contributed by atoms with Crippen LogP contribution < -0.4 is 5.73 Å². The molecule has 2 heterocycles. The quantitative estimate of drug-likeness (QED) is 0.565. The molecular formula is C6H9N7. The molecule has 4 N–H and O–H groups in total. The van der Waals surface area contributed by atoms with Crippen LogP contribution in [0, 0.1) is 0 Å². The van der Waals surface area contributed by atoms with Crippen LogP contribution in [-0.2, 0) is 6.42 Å². The van der Waals surface area contributed by atoms with E-state index in [2.05, 4.69) is 30.6 Å². The molecule has 0 saturated carbocycles. The summed E-state index contributed by atoms with van der Waals surface area (Å²) in [6.45, 7) is 0.549. The molecule has 0 aliphatic heterocycles. The highest BCUT2D eigenvalue weighted by Gasteiger charge is 2.06. The first-order chi connectivity index (χ1) is 6.40. The number of hydrogen-bond donors (Lipinski definition) is 3. The van der Waals surface area contributed by atoms with Gasteiger partial charge in [-0.05, 0) is 6.54 Å². The Morgan fingerprint density at radius 3 is 3.00 bits per heavy atom. The predicted molar refractivity (Wildman–Crippen MR) is 44.5 cm³/mol. The van der Waals surface area contributed by atoms with E-state index < -0.39 is 0 Å². The molecule has 2 rings (SSSR count).